The van der Waals surface area contributed by atoms with E-state index in [-0.39, 0.29) is 17.9 Å². The van der Waals surface area contributed by atoms with E-state index in [0.717, 1.165) is 11.1 Å². The number of carboxylic acid groups (broad SMARTS) is 1. The number of benzene rings is 1. The topological polar surface area (TPSA) is 74.7 Å². The third-order valence-electron chi connectivity index (χ3n) is 3.22. The van der Waals surface area contributed by atoms with Crippen LogP contribution in [-0.4, -0.2) is 49.0 Å². The standard InChI is InChI=1S/C13H17NO4S/c15-13(16)9-11-1-3-12(4-2-11)10-14-5-7-19(17,18)8-6-14/h1-4H,5-10H2,(H,15,16). The van der Waals surface area contributed by atoms with Crippen LogP contribution >= 0.6 is 0 Å². The van der Waals surface area contributed by atoms with Gasteiger partial charge in [0.1, 0.15) is 0 Å². The van der Waals surface area contributed by atoms with Crippen LogP contribution in [0.3, 0.4) is 0 Å². The minimum absolute atomic E-state index is 0.0300. The summed E-state index contributed by atoms with van der Waals surface area (Å²) in [5.74, 6) is -0.386. The van der Waals surface area contributed by atoms with E-state index < -0.39 is 15.8 Å². The molecule has 1 N–H and O–H groups in total. The molecule has 19 heavy (non-hydrogen) atoms. The van der Waals surface area contributed by atoms with Crippen LogP contribution in [0.5, 0.6) is 0 Å². The number of aliphatic carboxylic acids is 1. The Hall–Kier alpha value is -1.40. The van der Waals surface area contributed by atoms with Crippen LogP contribution in [0.1, 0.15) is 11.1 Å². The molecule has 0 atom stereocenters. The Bertz CT molecular complexity index is 537. The van der Waals surface area contributed by atoms with Crippen LogP contribution in [0.15, 0.2) is 24.3 Å². The van der Waals surface area contributed by atoms with Crippen molar-refractivity contribution in [2.24, 2.45) is 0 Å². The van der Waals surface area contributed by atoms with Crippen molar-refractivity contribution in [3.63, 3.8) is 0 Å². The summed E-state index contributed by atoms with van der Waals surface area (Å²) in [4.78, 5) is 12.7. The minimum Gasteiger partial charge on any atom is -0.481 e. The summed E-state index contributed by atoms with van der Waals surface area (Å²) in [5, 5.41) is 8.68. The van der Waals surface area contributed by atoms with Gasteiger partial charge in [-0.3, -0.25) is 9.69 Å². The number of sulfone groups is 1. The second kappa shape index (κ2) is 5.71. The van der Waals surface area contributed by atoms with Gasteiger partial charge in [0.25, 0.3) is 0 Å². The Balaban J connectivity index is 1.91. The van der Waals surface area contributed by atoms with Crippen LogP contribution < -0.4 is 0 Å². The highest BCUT2D eigenvalue weighted by Gasteiger charge is 2.21. The Morgan fingerprint density at radius 1 is 1.11 bits per heavy atom. The molecule has 0 spiro atoms. The van der Waals surface area contributed by atoms with Gasteiger partial charge in [0.05, 0.1) is 17.9 Å². The second-order valence-corrected chi connectivity index (χ2v) is 7.12. The molecule has 1 aromatic carbocycles. The summed E-state index contributed by atoms with van der Waals surface area (Å²) in [6.45, 7) is 1.85. The first-order valence-electron chi connectivity index (χ1n) is 6.17. The molecule has 1 fully saturated rings. The highest BCUT2D eigenvalue weighted by molar-refractivity contribution is 7.91. The van der Waals surface area contributed by atoms with Crippen LogP contribution in [-0.2, 0) is 27.6 Å². The van der Waals surface area contributed by atoms with Gasteiger partial charge in [-0.05, 0) is 11.1 Å². The highest BCUT2D eigenvalue weighted by atomic mass is 32.2. The van der Waals surface area contributed by atoms with Gasteiger partial charge in [0, 0.05) is 19.6 Å². The lowest BCUT2D eigenvalue weighted by atomic mass is 10.1. The van der Waals surface area contributed by atoms with Crippen molar-refractivity contribution >= 4 is 15.8 Å². The van der Waals surface area contributed by atoms with Gasteiger partial charge in [-0.15, -0.1) is 0 Å². The molecule has 0 aliphatic carbocycles. The quantitative estimate of drug-likeness (QED) is 0.873. The average Bonchev–Trinajstić information content (AvgIpc) is 2.34. The molecule has 1 aliphatic rings. The lowest BCUT2D eigenvalue weighted by molar-refractivity contribution is -0.136. The molecule has 1 saturated heterocycles. The average molecular weight is 283 g/mol. The fraction of sp³-hybridized carbons (Fsp3) is 0.462. The van der Waals surface area contributed by atoms with Gasteiger partial charge < -0.3 is 5.11 Å². The van der Waals surface area contributed by atoms with Gasteiger partial charge in [-0.25, -0.2) is 8.42 Å². The summed E-state index contributed by atoms with van der Waals surface area (Å²) in [6, 6.07) is 7.43. The molecule has 0 saturated carbocycles. The molecular weight excluding hydrogens is 266 g/mol. The summed E-state index contributed by atoms with van der Waals surface area (Å²) >= 11 is 0. The van der Waals surface area contributed by atoms with E-state index >= 15 is 0 Å². The monoisotopic (exact) mass is 283 g/mol. The van der Waals surface area contributed by atoms with E-state index in [1.54, 1.807) is 0 Å². The Morgan fingerprint density at radius 3 is 2.16 bits per heavy atom. The first kappa shape index (κ1) is 14.0. The van der Waals surface area contributed by atoms with Crippen LogP contribution in [0.25, 0.3) is 0 Å². The van der Waals surface area contributed by atoms with E-state index in [0.29, 0.717) is 19.6 Å². The number of nitrogens with zero attached hydrogens (tertiary/aromatic N) is 1. The van der Waals surface area contributed by atoms with Gasteiger partial charge in [-0.2, -0.15) is 0 Å². The van der Waals surface area contributed by atoms with Crippen molar-refractivity contribution < 1.29 is 18.3 Å². The van der Waals surface area contributed by atoms with Crippen LogP contribution in [0.4, 0.5) is 0 Å². The van der Waals surface area contributed by atoms with Crippen molar-refractivity contribution in [3.8, 4) is 0 Å². The molecule has 1 aliphatic heterocycles. The largest absolute Gasteiger partial charge is 0.481 e. The molecule has 6 heteroatoms. The molecular formula is C13H17NO4S. The lowest BCUT2D eigenvalue weighted by Crippen LogP contribution is -2.39. The van der Waals surface area contributed by atoms with E-state index in [9.17, 15) is 13.2 Å². The van der Waals surface area contributed by atoms with E-state index in [1.807, 2.05) is 24.3 Å². The third kappa shape index (κ3) is 4.33. The predicted octanol–water partition coefficient (Wildman–Crippen LogP) is 0.544. The Labute approximate surface area is 112 Å². The van der Waals surface area contributed by atoms with Crippen molar-refractivity contribution in [1.82, 2.24) is 4.90 Å². The maximum Gasteiger partial charge on any atom is 0.307 e. The molecule has 0 amide bonds. The Kier molecular flexibility index (Phi) is 4.21. The maximum absolute atomic E-state index is 11.3. The molecule has 5 nitrogen and oxygen atoms in total. The fourth-order valence-electron chi connectivity index (χ4n) is 2.10. The zero-order valence-corrected chi connectivity index (χ0v) is 11.4. The molecule has 2 rings (SSSR count). The summed E-state index contributed by atoms with van der Waals surface area (Å²) in [7, 11) is -2.84. The summed E-state index contributed by atoms with van der Waals surface area (Å²) in [6.07, 6.45) is 0.0300. The van der Waals surface area contributed by atoms with Crippen LogP contribution in [0, 0.1) is 0 Å². The Morgan fingerprint density at radius 2 is 1.63 bits per heavy atom. The number of hydrogen-bond donors (Lipinski definition) is 1. The van der Waals surface area contributed by atoms with E-state index in [1.165, 1.54) is 0 Å². The number of hydrogen-bond acceptors (Lipinski definition) is 4. The molecule has 0 aromatic heterocycles. The van der Waals surface area contributed by atoms with Crippen molar-refractivity contribution in [2.45, 2.75) is 13.0 Å². The molecule has 104 valence electrons. The van der Waals surface area contributed by atoms with Gasteiger partial charge >= 0.3 is 5.97 Å². The maximum atomic E-state index is 11.3. The highest BCUT2D eigenvalue weighted by Crippen LogP contribution is 2.11. The molecule has 0 radical (unpaired) electrons. The first-order chi connectivity index (χ1) is 8.94. The summed E-state index contributed by atoms with van der Waals surface area (Å²) < 4.78 is 22.6. The van der Waals surface area contributed by atoms with Crippen molar-refractivity contribution in [2.75, 3.05) is 24.6 Å². The SMILES string of the molecule is O=C(O)Cc1ccc(CN2CCS(=O)(=O)CC2)cc1. The zero-order valence-electron chi connectivity index (χ0n) is 10.6. The van der Waals surface area contributed by atoms with Crippen molar-refractivity contribution in [1.29, 1.82) is 0 Å². The first-order valence-corrected chi connectivity index (χ1v) is 7.99. The lowest BCUT2D eigenvalue weighted by Gasteiger charge is -2.26. The smallest absolute Gasteiger partial charge is 0.307 e. The molecule has 0 unspecified atom stereocenters. The van der Waals surface area contributed by atoms with Crippen molar-refractivity contribution in [3.05, 3.63) is 35.4 Å². The number of carbonyl (C=O) groups is 1. The van der Waals surface area contributed by atoms with E-state index in [4.69, 9.17) is 5.11 Å². The minimum atomic E-state index is -2.84. The third-order valence-corrected chi connectivity index (χ3v) is 4.83. The van der Waals surface area contributed by atoms with E-state index in [2.05, 4.69) is 4.90 Å². The molecule has 1 heterocycles. The zero-order chi connectivity index (χ0) is 13.9. The normalized spacial score (nSPS) is 19.2. The summed E-state index contributed by atoms with van der Waals surface area (Å²) in [5.41, 5.74) is 1.85. The van der Waals surface area contributed by atoms with Gasteiger partial charge in [0.15, 0.2) is 9.84 Å². The predicted molar refractivity (Wildman–Crippen MR) is 71.7 cm³/mol. The molecule has 1 aromatic rings. The molecule has 0 bridgehead atoms. The number of carboxylic acids is 1. The number of rotatable bonds is 4. The second-order valence-electron chi connectivity index (χ2n) is 4.81. The van der Waals surface area contributed by atoms with Crippen LogP contribution in [0.2, 0.25) is 0 Å². The van der Waals surface area contributed by atoms with Gasteiger partial charge in [0.2, 0.25) is 0 Å². The fourth-order valence-corrected chi connectivity index (χ4v) is 3.38. The van der Waals surface area contributed by atoms with Gasteiger partial charge in [-0.1, -0.05) is 24.3 Å².